The Hall–Kier alpha value is -3.27. The van der Waals surface area contributed by atoms with Crippen LogP contribution in [0, 0.1) is 5.92 Å². The number of anilines is 2. The molecule has 1 aliphatic rings. The van der Waals surface area contributed by atoms with Gasteiger partial charge in [0.1, 0.15) is 11.5 Å². The quantitative estimate of drug-likeness (QED) is 0.370. The van der Waals surface area contributed by atoms with E-state index in [0.717, 1.165) is 40.1 Å². The molecule has 0 bridgehead atoms. The molecule has 0 atom stereocenters. The lowest BCUT2D eigenvalue weighted by Gasteiger charge is -2.15. The normalized spacial score (nSPS) is 14.0. The summed E-state index contributed by atoms with van der Waals surface area (Å²) in [6.07, 6.45) is 7.44. The summed E-state index contributed by atoms with van der Waals surface area (Å²) >= 11 is 0. The topological polar surface area (TPSA) is 49.9 Å². The first kappa shape index (κ1) is 20.0. The van der Waals surface area contributed by atoms with Crippen LogP contribution >= 0.6 is 0 Å². The second-order valence-corrected chi connectivity index (χ2v) is 7.91. The lowest BCUT2D eigenvalue weighted by molar-refractivity contribution is 0.385. The Morgan fingerprint density at radius 2 is 1.47 bits per heavy atom. The van der Waals surface area contributed by atoms with Crippen LogP contribution in [0.1, 0.15) is 39.0 Å². The first-order chi connectivity index (χ1) is 14.8. The van der Waals surface area contributed by atoms with Gasteiger partial charge < -0.3 is 15.0 Å². The van der Waals surface area contributed by atoms with Gasteiger partial charge in [0.25, 0.3) is 0 Å². The van der Waals surface area contributed by atoms with E-state index in [-0.39, 0.29) is 0 Å². The van der Waals surface area contributed by atoms with Crippen LogP contribution in [-0.4, -0.2) is 9.97 Å². The highest BCUT2D eigenvalue weighted by molar-refractivity contribution is 5.78. The number of aromatic amines is 1. The second-order valence-electron chi connectivity index (χ2n) is 7.91. The summed E-state index contributed by atoms with van der Waals surface area (Å²) in [5.41, 5.74) is 2.91. The number of fused-ring (bicyclic) bond motifs is 1. The molecule has 0 spiro atoms. The van der Waals surface area contributed by atoms with Gasteiger partial charge in [0.2, 0.25) is 5.95 Å². The third-order valence-corrected chi connectivity index (χ3v) is 5.38. The molecule has 0 unspecified atom stereocenters. The van der Waals surface area contributed by atoms with E-state index in [1.807, 2.05) is 78.9 Å². The van der Waals surface area contributed by atoms with Crippen molar-refractivity contribution < 1.29 is 4.74 Å². The zero-order chi connectivity index (χ0) is 20.6. The predicted molar refractivity (Wildman–Crippen MR) is 125 cm³/mol. The number of nitrogens with one attached hydrogen (secondary N) is 2. The van der Waals surface area contributed by atoms with Crippen molar-refractivity contribution in [3.63, 3.8) is 0 Å². The molecule has 0 aliphatic heterocycles. The summed E-state index contributed by atoms with van der Waals surface area (Å²) in [6.45, 7) is 2.36. The fraction of sp³-hybridized carbons (Fsp3) is 0.269. The molecule has 1 heterocycles. The number of aromatic nitrogens is 2. The van der Waals surface area contributed by atoms with Crippen LogP contribution in [0.3, 0.4) is 0 Å². The van der Waals surface area contributed by atoms with Gasteiger partial charge in [-0.2, -0.15) is 0 Å². The summed E-state index contributed by atoms with van der Waals surface area (Å²) in [5, 5.41) is 3.26. The van der Waals surface area contributed by atoms with Crippen molar-refractivity contribution in [2.75, 3.05) is 5.32 Å². The Kier molecular flexibility index (Phi) is 6.65. The summed E-state index contributed by atoms with van der Waals surface area (Å²) in [5.74, 6) is 3.38. The summed E-state index contributed by atoms with van der Waals surface area (Å²) in [6, 6.07) is 25.5. The molecule has 0 saturated heterocycles. The third-order valence-electron chi connectivity index (χ3n) is 5.38. The smallest absolute Gasteiger partial charge is 0.205 e. The predicted octanol–water partition coefficient (Wildman–Crippen LogP) is 7.69. The number of ether oxygens (including phenoxy) is 1. The molecule has 0 amide bonds. The first-order valence-corrected chi connectivity index (χ1v) is 10.8. The van der Waals surface area contributed by atoms with Gasteiger partial charge >= 0.3 is 0 Å². The zero-order valence-corrected chi connectivity index (χ0v) is 17.5. The van der Waals surface area contributed by atoms with Gasteiger partial charge in [-0.25, -0.2) is 4.98 Å². The van der Waals surface area contributed by atoms with Crippen LogP contribution in [0.25, 0.3) is 11.0 Å². The van der Waals surface area contributed by atoms with Crippen LogP contribution < -0.4 is 10.1 Å². The fourth-order valence-corrected chi connectivity index (χ4v) is 3.69. The number of hydrogen-bond acceptors (Lipinski definition) is 3. The molecular formula is C26H29N3O. The Morgan fingerprint density at radius 3 is 2.13 bits per heavy atom. The van der Waals surface area contributed by atoms with Gasteiger partial charge in [-0.05, 0) is 54.4 Å². The molecule has 1 saturated carbocycles. The minimum atomic E-state index is 0.725. The molecule has 4 nitrogen and oxygen atoms in total. The van der Waals surface area contributed by atoms with Gasteiger partial charge in [-0.1, -0.05) is 69.4 Å². The first-order valence-electron chi connectivity index (χ1n) is 10.8. The van der Waals surface area contributed by atoms with E-state index in [2.05, 4.69) is 22.2 Å². The number of nitrogens with zero attached hydrogens (tertiary/aromatic N) is 1. The van der Waals surface area contributed by atoms with E-state index in [1.165, 1.54) is 32.1 Å². The molecule has 1 fully saturated rings. The van der Waals surface area contributed by atoms with Crippen molar-refractivity contribution in [3.8, 4) is 11.5 Å². The van der Waals surface area contributed by atoms with E-state index in [1.54, 1.807) is 0 Å². The minimum absolute atomic E-state index is 0.725. The number of hydrogen-bond donors (Lipinski definition) is 2. The summed E-state index contributed by atoms with van der Waals surface area (Å²) in [7, 11) is 0. The van der Waals surface area contributed by atoms with E-state index in [9.17, 15) is 0 Å². The third kappa shape index (κ3) is 5.63. The SMILES string of the molecule is CC1CCCCC1.c1ccc(Oc2ccc(Nc3nc4ccccc4[nH]3)cc2)cc1. The van der Waals surface area contributed by atoms with E-state index in [4.69, 9.17) is 4.74 Å². The largest absolute Gasteiger partial charge is 0.457 e. The van der Waals surface area contributed by atoms with Gasteiger partial charge in [0.05, 0.1) is 11.0 Å². The maximum Gasteiger partial charge on any atom is 0.205 e. The van der Waals surface area contributed by atoms with Crippen molar-refractivity contribution in [2.45, 2.75) is 39.0 Å². The monoisotopic (exact) mass is 399 g/mol. The molecule has 5 rings (SSSR count). The summed E-state index contributed by atoms with van der Waals surface area (Å²) in [4.78, 5) is 7.75. The Morgan fingerprint density at radius 1 is 0.800 bits per heavy atom. The van der Waals surface area contributed by atoms with Crippen molar-refractivity contribution in [1.29, 1.82) is 0 Å². The van der Waals surface area contributed by atoms with Crippen LogP contribution in [-0.2, 0) is 0 Å². The molecule has 3 aromatic carbocycles. The number of para-hydroxylation sites is 3. The van der Waals surface area contributed by atoms with E-state index in [0.29, 0.717) is 0 Å². The Bertz CT molecular complexity index is 1000. The van der Waals surface area contributed by atoms with Gasteiger partial charge in [-0.3, -0.25) is 0 Å². The number of benzene rings is 3. The molecule has 2 N–H and O–H groups in total. The Labute approximate surface area is 178 Å². The molecular weight excluding hydrogens is 370 g/mol. The van der Waals surface area contributed by atoms with Crippen LogP contribution in [0.15, 0.2) is 78.9 Å². The minimum Gasteiger partial charge on any atom is -0.457 e. The van der Waals surface area contributed by atoms with Gasteiger partial charge in [0.15, 0.2) is 0 Å². The lowest BCUT2D eigenvalue weighted by atomic mass is 9.91. The second kappa shape index (κ2) is 9.97. The Balaban J connectivity index is 0.000000265. The van der Waals surface area contributed by atoms with Gasteiger partial charge in [0, 0.05) is 5.69 Å². The molecule has 1 aromatic heterocycles. The van der Waals surface area contributed by atoms with Crippen molar-refractivity contribution in [1.82, 2.24) is 9.97 Å². The number of imidazole rings is 1. The highest BCUT2D eigenvalue weighted by Crippen LogP contribution is 2.24. The number of rotatable bonds is 4. The van der Waals surface area contributed by atoms with Crippen LogP contribution in [0.5, 0.6) is 11.5 Å². The molecule has 154 valence electrons. The zero-order valence-electron chi connectivity index (χ0n) is 17.5. The standard InChI is InChI=1S/C19H15N3O.C7H14/c1-2-6-15(7-3-1)23-16-12-10-14(11-13-16)20-19-21-17-8-4-5-9-18(17)22-19;1-7-5-3-2-4-6-7/h1-13H,(H2,20,21,22);7H,2-6H2,1H3. The van der Waals surface area contributed by atoms with Crippen LogP contribution in [0.4, 0.5) is 11.6 Å². The molecule has 1 aliphatic carbocycles. The molecule has 4 heteroatoms. The highest BCUT2D eigenvalue weighted by Gasteiger charge is 2.06. The van der Waals surface area contributed by atoms with Crippen LogP contribution in [0.2, 0.25) is 0 Å². The van der Waals surface area contributed by atoms with Crippen molar-refractivity contribution in [3.05, 3.63) is 78.9 Å². The molecule has 4 aromatic rings. The maximum absolute atomic E-state index is 5.78. The average molecular weight is 400 g/mol. The van der Waals surface area contributed by atoms with Gasteiger partial charge in [-0.15, -0.1) is 0 Å². The van der Waals surface area contributed by atoms with Crippen molar-refractivity contribution in [2.24, 2.45) is 5.92 Å². The number of H-pyrrole nitrogens is 1. The maximum atomic E-state index is 5.78. The van der Waals surface area contributed by atoms with E-state index < -0.39 is 0 Å². The highest BCUT2D eigenvalue weighted by atomic mass is 16.5. The fourth-order valence-electron chi connectivity index (χ4n) is 3.69. The molecule has 30 heavy (non-hydrogen) atoms. The van der Waals surface area contributed by atoms with E-state index >= 15 is 0 Å². The molecule has 0 radical (unpaired) electrons. The average Bonchev–Trinajstić information content (AvgIpc) is 3.19. The summed E-state index contributed by atoms with van der Waals surface area (Å²) < 4.78 is 5.78. The lowest BCUT2D eigenvalue weighted by Crippen LogP contribution is -1.99. The van der Waals surface area contributed by atoms with Crippen molar-refractivity contribution >= 4 is 22.7 Å².